The largest absolute Gasteiger partial charge is 0.495 e. The molecule has 1 N–H and O–H groups in total. The fourth-order valence-corrected chi connectivity index (χ4v) is 4.53. The number of methoxy groups -OCH3 is 1. The Morgan fingerprint density at radius 2 is 2.00 bits per heavy atom. The molecule has 3 rings (SSSR count). The van der Waals surface area contributed by atoms with Crippen molar-refractivity contribution < 1.29 is 22.7 Å². The predicted octanol–water partition coefficient (Wildman–Crippen LogP) is 3.19. The Morgan fingerprint density at radius 3 is 2.58 bits per heavy atom. The molecule has 166 valence electrons. The Hall–Kier alpha value is -2.78. The van der Waals surface area contributed by atoms with Crippen LogP contribution in [-0.4, -0.2) is 46.7 Å². The Morgan fingerprint density at radius 1 is 1.26 bits per heavy atom. The summed E-state index contributed by atoms with van der Waals surface area (Å²) in [6, 6.07) is 9.76. The second-order valence-electron chi connectivity index (χ2n) is 7.28. The molecule has 10 heteroatoms. The maximum atomic E-state index is 12.7. The molecule has 1 aliphatic rings. The van der Waals surface area contributed by atoms with Gasteiger partial charge in [0.25, 0.3) is 0 Å². The zero-order chi connectivity index (χ0) is 22.8. The number of sulfonamides is 1. The van der Waals surface area contributed by atoms with E-state index in [0.717, 1.165) is 28.2 Å². The van der Waals surface area contributed by atoms with Gasteiger partial charge in [0.1, 0.15) is 12.3 Å². The number of halogens is 1. The highest BCUT2D eigenvalue weighted by Crippen LogP contribution is 2.33. The molecular formula is C21H24ClN3O5S. The minimum atomic E-state index is -3.80. The van der Waals surface area contributed by atoms with Crippen LogP contribution in [0, 0.1) is 6.92 Å². The van der Waals surface area contributed by atoms with Crippen molar-refractivity contribution in [3.63, 3.8) is 0 Å². The molecule has 31 heavy (non-hydrogen) atoms. The molecule has 0 atom stereocenters. The predicted molar refractivity (Wildman–Crippen MR) is 122 cm³/mol. The standard InChI is InChI=1S/C21H24ClN3O5S/c1-14-11-16(7-8-17(14)24-10-4-5-21(24)27)23-20(26)13-25(31(3,28)29)18-12-15(22)6-9-19(18)30-2/h6-9,11-12H,4-5,10,13H2,1-3H3,(H,23,26). The maximum absolute atomic E-state index is 12.7. The van der Waals surface area contributed by atoms with Crippen LogP contribution in [0.5, 0.6) is 5.75 Å². The summed E-state index contributed by atoms with van der Waals surface area (Å²) in [6.07, 6.45) is 2.36. The first-order valence-electron chi connectivity index (χ1n) is 9.62. The molecule has 1 aliphatic heterocycles. The van der Waals surface area contributed by atoms with Crippen molar-refractivity contribution in [2.45, 2.75) is 19.8 Å². The highest BCUT2D eigenvalue weighted by Gasteiger charge is 2.25. The summed E-state index contributed by atoms with van der Waals surface area (Å²) < 4.78 is 30.9. The van der Waals surface area contributed by atoms with Gasteiger partial charge in [0.15, 0.2) is 0 Å². The van der Waals surface area contributed by atoms with E-state index in [1.807, 2.05) is 6.92 Å². The van der Waals surface area contributed by atoms with Crippen molar-refractivity contribution in [2.75, 3.05) is 41.0 Å². The lowest BCUT2D eigenvalue weighted by Gasteiger charge is -2.24. The first kappa shape index (κ1) is 22.9. The molecule has 0 aliphatic carbocycles. The summed E-state index contributed by atoms with van der Waals surface area (Å²) in [4.78, 5) is 26.4. The number of ether oxygens (including phenoxy) is 1. The van der Waals surface area contributed by atoms with Gasteiger partial charge in [0.05, 0.1) is 19.1 Å². The van der Waals surface area contributed by atoms with Crippen LogP contribution in [0.4, 0.5) is 17.1 Å². The van der Waals surface area contributed by atoms with E-state index in [1.165, 1.54) is 19.2 Å². The molecule has 0 radical (unpaired) electrons. The van der Waals surface area contributed by atoms with E-state index in [1.54, 1.807) is 29.2 Å². The van der Waals surface area contributed by atoms with Crippen molar-refractivity contribution in [3.8, 4) is 5.75 Å². The van der Waals surface area contributed by atoms with Crippen molar-refractivity contribution in [1.29, 1.82) is 0 Å². The zero-order valence-corrected chi connectivity index (χ0v) is 19.1. The van der Waals surface area contributed by atoms with E-state index in [9.17, 15) is 18.0 Å². The molecule has 1 saturated heterocycles. The van der Waals surface area contributed by atoms with E-state index >= 15 is 0 Å². The number of rotatable bonds is 7. The molecule has 0 bridgehead atoms. The number of nitrogens with zero attached hydrogens (tertiary/aromatic N) is 2. The van der Waals surface area contributed by atoms with Crippen LogP contribution in [0.15, 0.2) is 36.4 Å². The summed E-state index contributed by atoms with van der Waals surface area (Å²) in [5.74, 6) is -0.172. The number of nitrogens with one attached hydrogen (secondary N) is 1. The lowest BCUT2D eigenvalue weighted by atomic mass is 10.1. The van der Waals surface area contributed by atoms with E-state index in [-0.39, 0.29) is 17.3 Å². The highest BCUT2D eigenvalue weighted by atomic mass is 35.5. The van der Waals surface area contributed by atoms with Crippen molar-refractivity contribution in [2.24, 2.45) is 0 Å². The van der Waals surface area contributed by atoms with Crippen molar-refractivity contribution >= 4 is 50.5 Å². The summed E-state index contributed by atoms with van der Waals surface area (Å²) in [5, 5.41) is 3.03. The smallest absolute Gasteiger partial charge is 0.245 e. The number of carbonyl (C=O) groups excluding carboxylic acids is 2. The Labute approximate surface area is 186 Å². The maximum Gasteiger partial charge on any atom is 0.245 e. The van der Waals surface area contributed by atoms with Gasteiger partial charge in [-0.15, -0.1) is 0 Å². The molecule has 2 aromatic rings. The number of amides is 2. The van der Waals surface area contributed by atoms with Crippen molar-refractivity contribution in [3.05, 3.63) is 47.0 Å². The monoisotopic (exact) mass is 465 g/mol. The van der Waals surface area contributed by atoms with Gasteiger partial charge in [0.2, 0.25) is 21.8 Å². The minimum absolute atomic E-state index is 0.0825. The van der Waals surface area contributed by atoms with E-state index in [2.05, 4.69) is 5.32 Å². The van der Waals surface area contributed by atoms with Gasteiger partial charge < -0.3 is 15.0 Å². The van der Waals surface area contributed by atoms with Gasteiger partial charge in [-0.05, 0) is 55.3 Å². The summed E-state index contributed by atoms with van der Waals surface area (Å²) >= 11 is 6.03. The van der Waals surface area contributed by atoms with Crippen LogP contribution in [-0.2, 0) is 19.6 Å². The number of anilines is 3. The molecule has 8 nitrogen and oxygen atoms in total. The number of benzene rings is 2. The number of hydrogen-bond acceptors (Lipinski definition) is 5. The van der Waals surface area contributed by atoms with Gasteiger partial charge in [-0.2, -0.15) is 0 Å². The van der Waals surface area contributed by atoms with Gasteiger partial charge in [0, 0.05) is 29.4 Å². The van der Waals surface area contributed by atoms with Crippen LogP contribution >= 0.6 is 11.6 Å². The molecule has 0 unspecified atom stereocenters. The second kappa shape index (κ2) is 9.15. The third-order valence-corrected chi connectivity index (χ3v) is 6.30. The number of hydrogen-bond donors (Lipinski definition) is 1. The normalized spacial score (nSPS) is 13.9. The Balaban J connectivity index is 1.80. The third kappa shape index (κ3) is 5.29. The Kier molecular flexibility index (Phi) is 6.76. The van der Waals surface area contributed by atoms with Crippen LogP contribution in [0.1, 0.15) is 18.4 Å². The zero-order valence-electron chi connectivity index (χ0n) is 17.5. The van der Waals surface area contributed by atoms with Crippen LogP contribution in [0.3, 0.4) is 0 Å². The third-order valence-electron chi connectivity index (χ3n) is 4.94. The van der Waals surface area contributed by atoms with Crippen molar-refractivity contribution in [1.82, 2.24) is 0 Å². The fourth-order valence-electron chi connectivity index (χ4n) is 3.51. The average Bonchev–Trinajstić information content (AvgIpc) is 3.11. The van der Waals surface area contributed by atoms with Crippen LogP contribution in [0.25, 0.3) is 0 Å². The van der Waals surface area contributed by atoms with Gasteiger partial charge in [-0.3, -0.25) is 13.9 Å². The second-order valence-corrected chi connectivity index (χ2v) is 9.63. The molecule has 0 aromatic heterocycles. The fraction of sp³-hybridized carbons (Fsp3) is 0.333. The van der Waals surface area contributed by atoms with Crippen LogP contribution < -0.4 is 19.3 Å². The average molecular weight is 466 g/mol. The van der Waals surface area contributed by atoms with Gasteiger partial charge in [-0.1, -0.05) is 11.6 Å². The lowest BCUT2D eigenvalue weighted by molar-refractivity contribution is -0.117. The number of aryl methyl sites for hydroxylation is 1. The summed E-state index contributed by atoms with van der Waals surface area (Å²) in [6.45, 7) is 2.08. The molecule has 2 aromatic carbocycles. The van der Waals surface area contributed by atoms with Gasteiger partial charge in [-0.25, -0.2) is 8.42 Å². The van der Waals surface area contributed by atoms with E-state index < -0.39 is 22.5 Å². The topological polar surface area (TPSA) is 96.0 Å². The quantitative estimate of drug-likeness (QED) is 0.677. The molecular weight excluding hydrogens is 442 g/mol. The lowest BCUT2D eigenvalue weighted by Crippen LogP contribution is -2.37. The van der Waals surface area contributed by atoms with Crippen LogP contribution in [0.2, 0.25) is 5.02 Å². The first-order valence-corrected chi connectivity index (χ1v) is 11.8. The molecule has 0 saturated carbocycles. The summed E-state index contributed by atoms with van der Waals surface area (Å²) in [5.41, 5.74) is 2.32. The minimum Gasteiger partial charge on any atom is -0.495 e. The van der Waals surface area contributed by atoms with Gasteiger partial charge >= 0.3 is 0 Å². The Bertz CT molecular complexity index is 1120. The number of carbonyl (C=O) groups is 2. The molecule has 1 heterocycles. The highest BCUT2D eigenvalue weighted by molar-refractivity contribution is 7.92. The molecule has 2 amide bonds. The molecule has 1 fully saturated rings. The van der Waals surface area contributed by atoms with E-state index in [0.29, 0.717) is 23.7 Å². The SMILES string of the molecule is COc1ccc(Cl)cc1N(CC(=O)Nc1ccc(N2CCCC2=O)c(C)c1)S(C)(=O)=O. The molecule has 0 spiro atoms. The van der Waals surface area contributed by atoms with E-state index in [4.69, 9.17) is 16.3 Å². The first-order chi connectivity index (χ1) is 14.6. The summed E-state index contributed by atoms with van der Waals surface area (Å²) in [7, 11) is -2.39.